The molecule has 0 fully saturated rings. The molecule has 0 saturated heterocycles. The van der Waals surface area contributed by atoms with Gasteiger partial charge in [-0.05, 0) is 64.4 Å². The van der Waals surface area contributed by atoms with E-state index in [0.717, 1.165) is 55.6 Å². The zero-order valence-corrected chi connectivity index (χ0v) is 26.5. The number of aromatic nitrogens is 2. The second-order valence-corrected chi connectivity index (χ2v) is 13.2. The van der Waals surface area contributed by atoms with Crippen molar-refractivity contribution in [1.82, 2.24) is 9.97 Å². The maximum absolute atomic E-state index is 6.47. The molecule has 0 bridgehead atoms. The molecule has 0 radical (unpaired) electrons. The number of thiophene rings is 1. The maximum Gasteiger partial charge on any atom is 0.161 e. The summed E-state index contributed by atoms with van der Waals surface area (Å²) in [6.07, 6.45) is 0. The third kappa shape index (κ3) is 4.34. The second-order valence-electron chi connectivity index (χ2n) is 12.2. The Morgan fingerprint density at radius 1 is 0.417 bits per heavy atom. The minimum Gasteiger partial charge on any atom is -0.456 e. The van der Waals surface area contributed by atoms with Crippen molar-refractivity contribution in [1.29, 1.82) is 0 Å². The molecular weight excluding hydrogens is 605 g/mol. The molecular formula is C44H26N2OS. The van der Waals surface area contributed by atoms with E-state index < -0.39 is 0 Å². The van der Waals surface area contributed by atoms with Gasteiger partial charge in [-0.25, -0.2) is 9.97 Å². The molecule has 0 aliphatic rings. The minimum absolute atomic E-state index is 0.702. The molecule has 10 rings (SSSR count). The Morgan fingerprint density at radius 3 is 1.96 bits per heavy atom. The predicted octanol–water partition coefficient (Wildman–Crippen LogP) is 12.6. The van der Waals surface area contributed by atoms with Gasteiger partial charge in [0.1, 0.15) is 11.2 Å². The molecule has 0 atom stereocenters. The predicted molar refractivity (Wildman–Crippen MR) is 201 cm³/mol. The molecule has 0 N–H and O–H groups in total. The van der Waals surface area contributed by atoms with Crippen molar-refractivity contribution in [2.75, 3.05) is 0 Å². The highest BCUT2D eigenvalue weighted by Gasteiger charge is 2.19. The summed E-state index contributed by atoms with van der Waals surface area (Å²) in [5, 5.41) is 7.05. The van der Waals surface area contributed by atoms with Crippen molar-refractivity contribution >= 4 is 64.2 Å². The van der Waals surface area contributed by atoms with Crippen LogP contribution >= 0.6 is 11.3 Å². The van der Waals surface area contributed by atoms with Crippen LogP contribution in [0.1, 0.15) is 0 Å². The highest BCUT2D eigenvalue weighted by molar-refractivity contribution is 7.26. The fraction of sp³-hybridized carbons (Fsp3) is 0. The van der Waals surface area contributed by atoms with E-state index in [0.29, 0.717) is 5.82 Å². The first-order valence-corrected chi connectivity index (χ1v) is 16.9. The van der Waals surface area contributed by atoms with Crippen molar-refractivity contribution in [3.05, 3.63) is 158 Å². The van der Waals surface area contributed by atoms with E-state index in [9.17, 15) is 0 Å². The number of hydrogen-bond donors (Lipinski definition) is 0. The van der Waals surface area contributed by atoms with E-state index in [-0.39, 0.29) is 0 Å². The molecule has 0 amide bonds. The molecule has 7 aromatic carbocycles. The summed E-state index contributed by atoms with van der Waals surface area (Å²) in [7, 11) is 0. The lowest BCUT2D eigenvalue weighted by atomic mass is 9.98. The molecule has 3 nitrogen and oxygen atoms in total. The van der Waals surface area contributed by atoms with E-state index in [4.69, 9.17) is 14.4 Å². The summed E-state index contributed by atoms with van der Waals surface area (Å²) in [4.78, 5) is 10.6. The molecule has 0 spiro atoms. The van der Waals surface area contributed by atoms with Crippen LogP contribution < -0.4 is 0 Å². The highest BCUT2D eigenvalue weighted by atomic mass is 32.1. The standard InChI is InChI=1S/C44H26N2OS/c1-3-11-27(12-4-1)31-23-35(43-34-17-9-10-18-40(34)48-41(43)25-31)44-45-36(29-14-5-2-6-15-29)26-37(46-44)30-19-21-33-39(24-30)47-38-22-20-28-13-7-8-16-32(28)42(33)38/h1-26H. The second kappa shape index (κ2) is 10.7. The normalized spacial score (nSPS) is 11.8. The summed E-state index contributed by atoms with van der Waals surface area (Å²) < 4.78 is 8.94. The average molecular weight is 631 g/mol. The van der Waals surface area contributed by atoms with Gasteiger partial charge in [0.05, 0.1) is 11.4 Å². The van der Waals surface area contributed by atoms with E-state index in [1.807, 2.05) is 17.4 Å². The average Bonchev–Trinajstić information content (AvgIpc) is 3.73. The van der Waals surface area contributed by atoms with Crippen LogP contribution in [0.4, 0.5) is 0 Å². The van der Waals surface area contributed by atoms with Crippen LogP contribution in [-0.2, 0) is 0 Å². The van der Waals surface area contributed by atoms with E-state index >= 15 is 0 Å². The maximum atomic E-state index is 6.47. The van der Waals surface area contributed by atoms with Crippen LogP contribution in [-0.4, -0.2) is 9.97 Å². The van der Waals surface area contributed by atoms with Gasteiger partial charge in [0.2, 0.25) is 0 Å². The summed E-state index contributed by atoms with van der Waals surface area (Å²) in [6.45, 7) is 0. The molecule has 10 aromatic rings. The molecule has 3 heterocycles. The Labute approximate surface area is 280 Å². The summed E-state index contributed by atoms with van der Waals surface area (Å²) in [5.74, 6) is 0.702. The number of hydrogen-bond acceptors (Lipinski definition) is 4. The number of fused-ring (bicyclic) bond motifs is 8. The van der Waals surface area contributed by atoms with Gasteiger partial charge in [0.15, 0.2) is 5.82 Å². The lowest BCUT2D eigenvalue weighted by Crippen LogP contribution is -1.97. The zero-order chi connectivity index (χ0) is 31.6. The molecule has 224 valence electrons. The molecule has 0 aliphatic carbocycles. The van der Waals surface area contributed by atoms with E-state index in [1.165, 1.54) is 36.5 Å². The van der Waals surface area contributed by atoms with Gasteiger partial charge in [-0.2, -0.15) is 0 Å². The molecule has 48 heavy (non-hydrogen) atoms. The largest absolute Gasteiger partial charge is 0.456 e. The SMILES string of the molecule is c1ccc(-c2cc(-c3nc(-c4ccccc4)cc(-c4ccc5c(c4)oc4ccc6ccccc6c45)n3)c3c(c2)sc2ccccc23)cc1. The van der Waals surface area contributed by atoms with Crippen molar-refractivity contribution < 1.29 is 4.42 Å². The van der Waals surface area contributed by atoms with E-state index in [1.54, 1.807) is 0 Å². The first-order valence-electron chi connectivity index (χ1n) is 16.1. The van der Waals surface area contributed by atoms with Crippen LogP contribution in [0.5, 0.6) is 0 Å². The monoisotopic (exact) mass is 630 g/mol. The van der Waals surface area contributed by atoms with Crippen molar-refractivity contribution in [2.45, 2.75) is 0 Å². The third-order valence-corrected chi connectivity index (χ3v) is 10.4. The van der Waals surface area contributed by atoms with Crippen LogP contribution in [0, 0.1) is 0 Å². The number of benzene rings is 7. The van der Waals surface area contributed by atoms with Gasteiger partial charge in [-0.3, -0.25) is 0 Å². The number of furan rings is 1. The van der Waals surface area contributed by atoms with Crippen LogP contribution in [0.3, 0.4) is 0 Å². The number of nitrogens with zero attached hydrogens (tertiary/aromatic N) is 2. The fourth-order valence-electron chi connectivity index (χ4n) is 7.01. The van der Waals surface area contributed by atoms with E-state index in [2.05, 4.69) is 152 Å². The Balaban J connectivity index is 1.24. The van der Waals surface area contributed by atoms with Crippen LogP contribution in [0.15, 0.2) is 162 Å². The first-order chi connectivity index (χ1) is 23.8. The molecule has 0 saturated carbocycles. The molecule has 0 unspecified atom stereocenters. The van der Waals surface area contributed by atoms with Crippen LogP contribution in [0.25, 0.3) is 97.9 Å². The zero-order valence-electron chi connectivity index (χ0n) is 25.7. The Morgan fingerprint density at radius 2 is 1.12 bits per heavy atom. The lowest BCUT2D eigenvalue weighted by molar-refractivity contribution is 0.669. The molecule has 0 aliphatic heterocycles. The minimum atomic E-state index is 0.702. The van der Waals surface area contributed by atoms with Crippen molar-refractivity contribution in [3.63, 3.8) is 0 Å². The topological polar surface area (TPSA) is 38.9 Å². The quantitative estimate of drug-likeness (QED) is 0.194. The summed E-state index contributed by atoms with van der Waals surface area (Å²) in [5.41, 5.74) is 8.83. The van der Waals surface area contributed by atoms with Gasteiger partial charge in [-0.1, -0.05) is 115 Å². The smallest absolute Gasteiger partial charge is 0.161 e. The van der Waals surface area contributed by atoms with Crippen molar-refractivity contribution in [2.24, 2.45) is 0 Å². The third-order valence-electron chi connectivity index (χ3n) is 9.28. The fourth-order valence-corrected chi connectivity index (χ4v) is 8.18. The van der Waals surface area contributed by atoms with Gasteiger partial charge in [0, 0.05) is 47.6 Å². The Hall–Kier alpha value is -6.10. The van der Waals surface area contributed by atoms with Gasteiger partial charge < -0.3 is 4.42 Å². The summed E-state index contributed by atoms with van der Waals surface area (Å²) >= 11 is 1.82. The Bertz CT molecular complexity index is 2830. The number of rotatable bonds is 4. The lowest BCUT2D eigenvalue weighted by Gasteiger charge is -2.12. The van der Waals surface area contributed by atoms with Gasteiger partial charge in [-0.15, -0.1) is 11.3 Å². The first kappa shape index (κ1) is 27.1. The molecule has 4 heteroatoms. The Kier molecular flexibility index (Phi) is 6.05. The van der Waals surface area contributed by atoms with Gasteiger partial charge >= 0.3 is 0 Å². The van der Waals surface area contributed by atoms with Crippen LogP contribution in [0.2, 0.25) is 0 Å². The molecule has 3 aromatic heterocycles. The van der Waals surface area contributed by atoms with Crippen molar-refractivity contribution in [3.8, 4) is 45.0 Å². The summed E-state index contributed by atoms with van der Waals surface area (Å²) in [6, 6.07) is 55.4. The van der Waals surface area contributed by atoms with Gasteiger partial charge in [0.25, 0.3) is 0 Å². The highest BCUT2D eigenvalue weighted by Crippen LogP contribution is 2.43.